The monoisotopic (exact) mass is 285 g/mol. The molecule has 1 aromatic heterocycles. The highest BCUT2D eigenvalue weighted by Crippen LogP contribution is 2.33. The van der Waals surface area contributed by atoms with Crippen molar-refractivity contribution in [3.8, 4) is 5.88 Å². The zero-order valence-corrected chi connectivity index (χ0v) is 12.0. The van der Waals surface area contributed by atoms with Crippen molar-refractivity contribution in [2.75, 3.05) is 25.2 Å². The Morgan fingerprint density at radius 1 is 1.47 bits per heavy atom. The number of nitrogens with one attached hydrogen (secondary N) is 1. The molecule has 7 heteroatoms. The Labute approximate surface area is 113 Å². The highest BCUT2D eigenvalue weighted by Gasteiger charge is 2.36. The minimum absolute atomic E-state index is 0.0237. The number of hydrogen-bond acceptors (Lipinski definition) is 6. The molecule has 1 aliphatic heterocycles. The van der Waals surface area contributed by atoms with Crippen molar-refractivity contribution in [1.29, 1.82) is 0 Å². The van der Waals surface area contributed by atoms with Gasteiger partial charge in [0.25, 0.3) is 0 Å². The number of ether oxygens (including phenoxy) is 1. The van der Waals surface area contributed by atoms with Gasteiger partial charge >= 0.3 is 0 Å². The van der Waals surface area contributed by atoms with Crippen molar-refractivity contribution in [3.63, 3.8) is 0 Å². The van der Waals surface area contributed by atoms with Gasteiger partial charge in [0.2, 0.25) is 5.88 Å². The number of rotatable bonds is 5. The maximum absolute atomic E-state index is 11.6. The first-order valence-electron chi connectivity index (χ1n) is 6.36. The third-order valence-corrected chi connectivity index (χ3v) is 5.14. The van der Waals surface area contributed by atoms with Crippen molar-refractivity contribution < 1.29 is 13.2 Å². The molecule has 0 aliphatic carbocycles. The first-order chi connectivity index (χ1) is 9.07. The minimum Gasteiger partial charge on any atom is -0.480 e. The summed E-state index contributed by atoms with van der Waals surface area (Å²) in [7, 11) is -1.37. The van der Waals surface area contributed by atoms with Crippen molar-refractivity contribution in [2.45, 2.75) is 19.4 Å². The largest absolute Gasteiger partial charge is 0.480 e. The van der Waals surface area contributed by atoms with Gasteiger partial charge in [-0.05, 0) is 18.9 Å². The van der Waals surface area contributed by atoms with E-state index in [2.05, 4.69) is 15.3 Å². The molecule has 1 fully saturated rings. The number of sulfone groups is 1. The van der Waals surface area contributed by atoms with Gasteiger partial charge in [-0.2, -0.15) is 0 Å². The van der Waals surface area contributed by atoms with E-state index in [1.165, 1.54) is 0 Å². The number of hydrogen-bond donors (Lipinski definition) is 1. The molecule has 1 saturated heterocycles. The second-order valence-electron chi connectivity index (χ2n) is 4.65. The SMILES string of the molecule is CCNC(c1nccnc1OC)C1CCS(=O)(=O)C1. The van der Waals surface area contributed by atoms with Crippen LogP contribution in [-0.4, -0.2) is 43.5 Å². The van der Waals surface area contributed by atoms with E-state index in [1.54, 1.807) is 19.5 Å². The summed E-state index contributed by atoms with van der Waals surface area (Å²) in [4.78, 5) is 8.45. The average Bonchev–Trinajstić information content (AvgIpc) is 2.76. The van der Waals surface area contributed by atoms with Crippen LogP contribution in [0, 0.1) is 5.92 Å². The molecule has 0 aromatic carbocycles. The van der Waals surface area contributed by atoms with Crippen molar-refractivity contribution in [1.82, 2.24) is 15.3 Å². The van der Waals surface area contributed by atoms with Crippen LogP contribution in [-0.2, 0) is 9.84 Å². The second-order valence-corrected chi connectivity index (χ2v) is 6.88. The van der Waals surface area contributed by atoms with E-state index >= 15 is 0 Å². The summed E-state index contributed by atoms with van der Waals surface area (Å²) in [5.74, 6) is 0.931. The first-order valence-corrected chi connectivity index (χ1v) is 8.18. The Morgan fingerprint density at radius 3 is 2.79 bits per heavy atom. The Kier molecular flexibility index (Phi) is 4.36. The quantitative estimate of drug-likeness (QED) is 0.852. The normalized spacial score (nSPS) is 23.2. The third kappa shape index (κ3) is 3.22. The molecule has 0 saturated carbocycles. The fourth-order valence-corrected chi connectivity index (χ4v) is 4.34. The van der Waals surface area contributed by atoms with Crippen LogP contribution in [0.1, 0.15) is 25.1 Å². The van der Waals surface area contributed by atoms with Crippen LogP contribution in [0.3, 0.4) is 0 Å². The molecule has 6 nitrogen and oxygen atoms in total. The molecule has 0 amide bonds. The maximum Gasteiger partial charge on any atom is 0.237 e. The van der Waals surface area contributed by atoms with Gasteiger partial charge in [-0.25, -0.2) is 13.4 Å². The summed E-state index contributed by atoms with van der Waals surface area (Å²) >= 11 is 0. The topological polar surface area (TPSA) is 81.2 Å². The van der Waals surface area contributed by atoms with E-state index in [1.807, 2.05) is 6.92 Å². The molecular formula is C12H19N3O3S. The number of aromatic nitrogens is 2. The molecule has 2 heterocycles. The highest BCUT2D eigenvalue weighted by molar-refractivity contribution is 7.91. The molecule has 106 valence electrons. The molecule has 1 N–H and O–H groups in total. The third-order valence-electron chi connectivity index (χ3n) is 3.34. The Bertz CT molecular complexity index is 533. The van der Waals surface area contributed by atoms with E-state index in [9.17, 15) is 8.42 Å². The fourth-order valence-electron chi connectivity index (χ4n) is 2.50. The summed E-state index contributed by atoms with van der Waals surface area (Å²) in [6, 6.07) is -0.133. The van der Waals surface area contributed by atoms with E-state index in [0.717, 1.165) is 6.54 Å². The molecular weight excluding hydrogens is 266 g/mol. The van der Waals surface area contributed by atoms with Crippen molar-refractivity contribution >= 4 is 9.84 Å². The molecule has 1 aliphatic rings. The summed E-state index contributed by atoms with van der Waals surface area (Å²) in [5, 5.41) is 3.31. The molecule has 2 atom stereocenters. The van der Waals surface area contributed by atoms with Gasteiger partial charge < -0.3 is 10.1 Å². The van der Waals surface area contributed by atoms with Gasteiger partial charge in [0.15, 0.2) is 9.84 Å². The van der Waals surface area contributed by atoms with Crippen molar-refractivity contribution in [3.05, 3.63) is 18.1 Å². The van der Waals surface area contributed by atoms with Gasteiger partial charge in [-0.3, -0.25) is 4.98 Å². The summed E-state index contributed by atoms with van der Waals surface area (Å²) < 4.78 is 28.5. The molecule has 2 unspecified atom stereocenters. The predicted octanol–water partition coefficient (Wildman–Crippen LogP) is 0.571. The van der Waals surface area contributed by atoms with Crippen LogP contribution in [0.5, 0.6) is 5.88 Å². The van der Waals surface area contributed by atoms with Crippen LogP contribution in [0.15, 0.2) is 12.4 Å². The smallest absolute Gasteiger partial charge is 0.237 e. The van der Waals surface area contributed by atoms with E-state index in [0.29, 0.717) is 18.0 Å². The molecule has 1 aromatic rings. The van der Waals surface area contributed by atoms with Gasteiger partial charge in [-0.15, -0.1) is 0 Å². The van der Waals surface area contributed by atoms with Gasteiger partial charge in [-0.1, -0.05) is 6.92 Å². The fraction of sp³-hybridized carbons (Fsp3) is 0.667. The lowest BCUT2D eigenvalue weighted by Gasteiger charge is -2.23. The summed E-state index contributed by atoms with van der Waals surface area (Å²) in [6.07, 6.45) is 3.82. The zero-order valence-electron chi connectivity index (χ0n) is 11.2. The minimum atomic E-state index is -2.92. The van der Waals surface area contributed by atoms with E-state index in [4.69, 9.17) is 4.74 Å². The van der Waals surface area contributed by atoms with Crippen molar-refractivity contribution in [2.24, 2.45) is 5.92 Å². The summed E-state index contributed by atoms with van der Waals surface area (Å²) in [5.41, 5.74) is 0.689. The molecule has 2 rings (SSSR count). The van der Waals surface area contributed by atoms with E-state index < -0.39 is 9.84 Å². The second kappa shape index (κ2) is 5.83. The number of methoxy groups -OCH3 is 1. The first kappa shape index (κ1) is 14.2. The van der Waals surface area contributed by atoms with Gasteiger partial charge in [0.05, 0.1) is 24.7 Å². The van der Waals surface area contributed by atoms with Gasteiger partial charge in [0.1, 0.15) is 5.69 Å². The van der Waals surface area contributed by atoms with Gasteiger partial charge in [0, 0.05) is 12.4 Å². The van der Waals surface area contributed by atoms with E-state index in [-0.39, 0.29) is 23.5 Å². The predicted molar refractivity (Wildman–Crippen MR) is 71.8 cm³/mol. The van der Waals surface area contributed by atoms with Crippen LogP contribution < -0.4 is 10.1 Å². The Morgan fingerprint density at radius 2 is 2.21 bits per heavy atom. The molecule has 0 bridgehead atoms. The Hall–Kier alpha value is -1.21. The lowest BCUT2D eigenvalue weighted by atomic mass is 9.96. The molecule has 19 heavy (non-hydrogen) atoms. The van der Waals surface area contributed by atoms with Crippen LogP contribution in [0.2, 0.25) is 0 Å². The van der Waals surface area contributed by atoms with Crippen LogP contribution >= 0.6 is 0 Å². The maximum atomic E-state index is 11.6. The molecule has 0 spiro atoms. The lowest BCUT2D eigenvalue weighted by Crippen LogP contribution is -2.30. The molecule has 0 radical (unpaired) electrons. The zero-order chi connectivity index (χ0) is 13.9. The number of nitrogens with zero attached hydrogens (tertiary/aromatic N) is 2. The summed E-state index contributed by atoms with van der Waals surface area (Å²) in [6.45, 7) is 2.72. The van der Waals surface area contributed by atoms with Crippen LogP contribution in [0.25, 0.3) is 0 Å². The lowest BCUT2D eigenvalue weighted by molar-refractivity contribution is 0.346. The average molecular weight is 285 g/mol. The van der Waals surface area contributed by atoms with Crippen LogP contribution in [0.4, 0.5) is 0 Å². The highest BCUT2D eigenvalue weighted by atomic mass is 32.2. The Balaban J connectivity index is 2.30. The standard InChI is InChI=1S/C12H19N3O3S/c1-3-13-10(9-4-7-19(16,17)8-9)11-12(18-2)15-6-5-14-11/h5-6,9-10,13H,3-4,7-8H2,1-2H3.